The molecule has 0 aromatic carbocycles. The predicted octanol–water partition coefficient (Wildman–Crippen LogP) is 4.83. The van der Waals surface area contributed by atoms with Crippen molar-refractivity contribution in [2.75, 3.05) is 13.2 Å². The summed E-state index contributed by atoms with van der Waals surface area (Å²) in [6.07, 6.45) is 6.40. The first-order chi connectivity index (χ1) is 8.11. The first-order valence-electron chi connectivity index (χ1n) is 6.08. The Morgan fingerprint density at radius 2 is 2.06 bits per heavy atom. The fourth-order valence-corrected chi connectivity index (χ4v) is 3.67. The van der Waals surface area contributed by atoms with Crippen molar-refractivity contribution in [2.45, 2.75) is 39.5 Å². The molecule has 5 heteroatoms. The van der Waals surface area contributed by atoms with Crippen LogP contribution >= 0.6 is 19.2 Å². The highest BCUT2D eigenvalue weighted by molar-refractivity contribution is 7.57. The lowest BCUT2D eigenvalue weighted by Crippen LogP contribution is -1.96. The number of rotatable bonds is 6. The minimum absolute atomic E-state index is 0.344. The van der Waals surface area contributed by atoms with E-state index >= 15 is 0 Å². The summed E-state index contributed by atoms with van der Waals surface area (Å²) in [7, 11) is -3.18. The van der Waals surface area contributed by atoms with Gasteiger partial charge in [-0.15, -0.1) is 0 Å². The molecule has 0 aromatic rings. The smallest absolute Gasteiger partial charge is 0.306 e. The Kier molecular flexibility index (Phi) is 6.50. The van der Waals surface area contributed by atoms with E-state index in [-0.39, 0.29) is 0 Å². The minimum Gasteiger partial charge on any atom is -0.306 e. The maximum atomic E-state index is 12.2. The molecule has 0 bridgehead atoms. The third kappa shape index (κ3) is 4.97. The van der Waals surface area contributed by atoms with Gasteiger partial charge in [-0.2, -0.15) is 0 Å². The Bertz CT molecular complexity index is 340. The van der Waals surface area contributed by atoms with Crippen LogP contribution in [0, 0.1) is 0 Å². The van der Waals surface area contributed by atoms with E-state index < -0.39 is 7.60 Å². The molecule has 0 N–H and O–H groups in total. The molecule has 98 valence electrons. The molecule has 0 amide bonds. The van der Waals surface area contributed by atoms with Gasteiger partial charge in [0.25, 0.3) is 0 Å². The van der Waals surface area contributed by atoms with E-state index in [9.17, 15) is 4.57 Å². The Balaban J connectivity index is 2.82. The van der Waals surface area contributed by atoms with Gasteiger partial charge in [-0.05, 0) is 45.1 Å². The van der Waals surface area contributed by atoms with Gasteiger partial charge >= 0.3 is 7.60 Å². The lowest BCUT2D eigenvalue weighted by Gasteiger charge is -2.16. The van der Waals surface area contributed by atoms with E-state index in [1.807, 2.05) is 0 Å². The number of allylic oxidation sites excluding steroid dienone is 3. The van der Waals surface area contributed by atoms with Crippen LogP contribution in [0.1, 0.15) is 39.5 Å². The second-order valence-corrected chi connectivity index (χ2v) is 6.09. The van der Waals surface area contributed by atoms with Crippen LogP contribution in [0.2, 0.25) is 0 Å². The molecule has 0 unspecified atom stereocenters. The highest BCUT2D eigenvalue weighted by Gasteiger charge is 2.22. The second-order valence-electron chi connectivity index (χ2n) is 3.83. The van der Waals surface area contributed by atoms with Crippen molar-refractivity contribution in [2.24, 2.45) is 0 Å². The van der Waals surface area contributed by atoms with Crippen molar-refractivity contribution in [3.8, 4) is 0 Å². The molecule has 1 aliphatic rings. The van der Waals surface area contributed by atoms with Gasteiger partial charge in [0.1, 0.15) is 0 Å². The van der Waals surface area contributed by atoms with Crippen LogP contribution in [-0.2, 0) is 13.6 Å². The molecule has 1 rings (SSSR count). The standard InChI is InChI=1S/C12H20ClO3P/c1-3-15-17(14,16-4-2)10-12(13)11-8-6-5-7-9-11/h8,10H,3-7,9H2,1-2H3/b12-10-. The largest absolute Gasteiger partial charge is 0.355 e. The maximum Gasteiger partial charge on any atom is 0.355 e. The Hall–Kier alpha value is -0.0800. The zero-order chi connectivity index (χ0) is 12.7. The molecule has 1 aliphatic carbocycles. The van der Waals surface area contributed by atoms with Gasteiger partial charge in [-0.25, -0.2) is 0 Å². The zero-order valence-corrected chi connectivity index (χ0v) is 12.1. The van der Waals surface area contributed by atoms with E-state index in [2.05, 4.69) is 6.08 Å². The van der Waals surface area contributed by atoms with E-state index in [1.165, 1.54) is 12.2 Å². The number of hydrogen-bond acceptors (Lipinski definition) is 3. The fraction of sp³-hybridized carbons (Fsp3) is 0.667. The lowest BCUT2D eigenvalue weighted by atomic mass is 10.00. The topological polar surface area (TPSA) is 35.5 Å². The molecule has 0 aliphatic heterocycles. The number of hydrogen-bond donors (Lipinski definition) is 0. The molecule has 0 spiro atoms. The number of halogens is 1. The average molecular weight is 279 g/mol. The van der Waals surface area contributed by atoms with Crippen LogP contribution in [0.15, 0.2) is 22.5 Å². The third-order valence-electron chi connectivity index (χ3n) is 2.49. The van der Waals surface area contributed by atoms with Gasteiger partial charge in [0.15, 0.2) is 0 Å². The normalized spacial score (nSPS) is 18.1. The first kappa shape index (κ1) is 15.0. The van der Waals surface area contributed by atoms with Crippen molar-refractivity contribution >= 4 is 19.2 Å². The van der Waals surface area contributed by atoms with E-state index in [4.69, 9.17) is 20.6 Å². The van der Waals surface area contributed by atoms with Crippen molar-refractivity contribution in [3.05, 3.63) is 22.5 Å². The van der Waals surface area contributed by atoms with Crippen LogP contribution in [-0.4, -0.2) is 13.2 Å². The van der Waals surface area contributed by atoms with Crippen molar-refractivity contribution in [1.29, 1.82) is 0 Å². The summed E-state index contributed by atoms with van der Waals surface area (Å²) in [5, 5.41) is 0.509. The highest BCUT2D eigenvalue weighted by atomic mass is 35.5. The van der Waals surface area contributed by atoms with E-state index in [0.717, 1.165) is 24.8 Å². The van der Waals surface area contributed by atoms with Gasteiger partial charge in [0, 0.05) is 5.82 Å². The molecule has 0 radical (unpaired) electrons. The van der Waals surface area contributed by atoms with Crippen LogP contribution in [0.5, 0.6) is 0 Å². The van der Waals surface area contributed by atoms with Gasteiger partial charge < -0.3 is 9.05 Å². The summed E-state index contributed by atoms with van der Waals surface area (Å²) in [6.45, 7) is 4.26. The molecule has 0 aromatic heterocycles. The van der Waals surface area contributed by atoms with Crippen molar-refractivity contribution < 1.29 is 13.6 Å². The summed E-state index contributed by atoms with van der Waals surface area (Å²) in [5.74, 6) is 1.44. The average Bonchev–Trinajstić information content (AvgIpc) is 2.30. The molecule has 0 saturated carbocycles. The minimum atomic E-state index is -3.18. The molecule has 3 nitrogen and oxygen atoms in total. The van der Waals surface area contributed by atoms with E-state index in [1.54, 1.807) is 13.8 Å². The lowest BCUT2D eigenvalue weighted by molar-refractivity contribution is 0.229. The molecule has 0 heterocycles. The Morgan fingerprint density at radius 3 is 2.53 bits per heavy atom. The van der Waals surface area contributed by atoms with Crippen molar-refractivity contribution in [1.82, 2.24) is 0 Å². The van der Waals surface area contributed by atoms with Gasteiger partial charge in [0.2, 0.25) is 0 Å². The second kappa shape index (κ2) is 7.38. The van der Waals surface area contributed by atoms with Crippen LogP contribution in [0.3, 0.4) is 0 Å². The zero-order valence-electron chi connectivity index (χ0n) is 10.4. The van der Waals surface area contributed by atoms with E-state index in [0.29, 0.717) is 18.2 Å². The maximum absolute atomic E-state index is 12.2. The summed E-state index contributed by atoms with van der Waals surface area (Å²) < 4.78 is 22.6. The summed E-state index contributed by atoms with van der Waals surface area (Å²) >= 11 is 6.18. The molecule has 0 atom stereocenters. The van der Waals surface area contributed by atoms with Gasteiger partial charge in [0.05, 0.1) is 18.2 Å². The molecule has 0 fully saturated rings. The monoisotopic (exact) mass is 278 g/mol. The first-order valence-corrected chi connectivity index (χ1v) is 8.07. The van der Waals surface area contributed by atoms with Crippen molar-refractivity contribution in [3.63, 3.8) is 0 Å². The van der Waals surface area contributed by atoms with Crippen LogP contribution in [0.4, 0.5) is 0 Å². The molecular formula is C12H20ClO3P. The highest BCUT2D eigenvalue weighted by Crippen LogP contribution is 2.52. The predicted molar refractivity (Wildman–Crippen MR) is 71.3 cm³/mol. The van der Waals surface area contributed by atoms with Crippen LogP contribution < -0.4 is 0 Å². The van der Waals surface area contributed by atoms with Gasteiger partial charge in [-0.1, -0.05) is 17.7 Å². The SMILES string of the molecule is CCOP(=O)(/C=C(\Cl)C1=CCCCC1)OCC. The summed E-state index contributed by atoms with van der Waals surface area (Å²) in [5.41, 5.74) is 1.05. The molecule has 0 saturated heterocycles. The Labute approximate surface area is 108 Å². The third-order valence-corrected chi connectivity index (χ3v) is 4.80. The summed E-state index contributed by atoms with van der Waals surface area (Å²) in [4.78, 5) is 0. The van der Waals surface area contributed by atoms with Crippen LogP contribution in [0.25, 0.3) is 0 Å². The molecule has 17 heavy (non-hydrogen) atoms. The quantitative estimate of drug-likeness (QED) is 0.653. The fourth-order valence-electron chi connectivity index (χ4n) is 1.75. The van der Waals surface area contributed by atoms with Gasteiger partial charge in [-0.3, -0.25) is 4.57 Å². The Morgan fingerprint density at radius 1 is 1.41 bits per heavy atom. The molecular weight excluding hydrogens is 259 g/mol. The summed E-state index contributed by atoms with van der Waals surface area (Å²) in [6, 6.07) is 0.